The summed E-state index contributed by atoms with van der Waals surface area (Å²) in [5, 5.41) is 8.73. The molecule has 0 fully saturated rings. The van der Waals surface area contributed by atoms with E-state index in [0.29, 0.717) is 18.1 Å². The molecular weight excluding hydrogens is 264 g/mol. The summed E-state index contributed by atoms with van der Waals surface area (Å²) in [5.74, 6) is 0.839. The molecule has 7 heteroatoms. The number of thiol groups is 1. The summed E-state index contributed by atoms with van der Waals surface area (Å²) >= 11 is 4.32. The van der Waals surface area contributed by atoms with Gasteiger partial charge in [-0.15, -0.1) is 22.8 Å². The van der Waals surface area contributed by atoms with Gasteiger partial charge < -0.3 is 18.6 Å². The Morgan fingerprint density at radius 3 is 2.63 bits per heavy atom. The third-order valence-electron chi connectivity index (χ3n) is 3.06. The molecule has 2 heterocycles. The van der Waals surface area contributed by atoms with Crippen LogP contribution in [0.25, 0.3) is 0 Å². The van der Waals surface area contributed by atoms with Crippen molar-refractivity contribution in [1.29, 1.82) is 0 Å². The summed E-state index contributed by atoms with van der Waals surface area (Å²) in [7, 11) is 5.21. The van der Waals surface area contributed by atoms with Crippen LogP contribution in [0.3, 0.4) is 0 Å². The van der Waals surface area contributed by atoms with E-state index in [1.165, 1.54) is 0 Å². The van der Waals surface area contributed by atoms with Crippen molar-refractivity contribution in [1.82, 2.24) is 19.3 Å². The molecule has 2 aromatic heterocycles. The second-order valence-electron chi connectivity index (χ2n) is 4.22. The third-order valence-corrected chi connectivity index (χ3v) is 3.39. The highest BCUT2D eigenvalue weighted by Gasteiger charge is 2.15. The molecule has 0 aliphatic heterocycles. The topological polar surface area (TPSA) is 54.1 Å². The van der Waals surface area contributed by atoms with Crippen LogP contribution < -0.4 is 0 Å². The maximum Gasteiger partial charge on any atom is 0.188 e. The first-order valence-electron chi connectivity index (χ1n) is 5.92. The van der Waals surface area contributed by atoms with Crippen molar-refractivity contribution in [3.8, 4) is 0 Å². The van der Waals surface area contributed by atoms with E-state index in [1.807, 2.05) is 23.9 Å². The number of methoxy groups -OCH3 is 2. The van der Waals surface area contributed by atoms with Crippen LogP contribution in [0.5, 0.6) is 0 Å². The SMILES string of the molecule is COC(Cn1c(S)nnc1Cc1cccn1C)OC. The number of hydrogen-bond acceptors (Lipinski definition) is 5. The molecule has 2 rings (SSSR count). The molecule has 2 aromatic rings. The summed E-state index contributed by atoms with van der Waals surface area (Å²) in [6.07, 6.45) is 2.36. The van der Waals surface area contributed by atoms with Crippen LogP contribution in [0.1, 0.15) is 11.5 Å². The lowest BCUT2D eigenvalue weighted by atomic mass is 10.3. The highest BCUT2D eigenvalue weighted by Crippen LogP contribution is 2.13. The number of rotatable bonds is 6. The fourth-order valence-electron chi connectivity index (χ4n) is 1.88. The van der Waals surface area contributed by atoms with Crippen LogP contribution in [0, 0.1) is 0 Å². The van der Waals surface area contributed by atoms with E-state index in [4.69, 9.17) is 9.47 Å². The van der Waals surface area contributed by atoms with E-state index < -0.39 is 0 Å². The normalized spacial score (nSPS) is 11.4. The van der Waals surface area contributed by atoms with Gasteiger partial charge in [0, 0.05) is 39.6 Å². The molecular formula is C12H18N4O2S. The van der Waals surface area contributed by atoms with Crippen LogP contribution in [-0.2, 0) is 29.5 Å². The number of nitrogens with zero attached hydrogens (tertiary/aromatic N) is 4. The van der Waals surface area contributed by atoms with Crippen molar-refractivity contribution < 1.29 is 9.47 Å². The van der Waals surface area contributed by atoms with Crippen LogP contribution in [0.2, 0.25) is 0 Å². The first-order chi connectivity index (χ1) is 9.15. The monoisotopic (exact) mass is 282 g/mol. The van der Waals surface area contributed by atoms with Gasteiger partial charge in [-0.2, -0.15) is 0 Å². The Bertz CT molecular complexity index is 534. The Kier molecular flexibility index (Phi) is 4.62. The van der Waals surface area contributed by atoms with E-state index in [-0.39, 0.29) is 6.29 Å². The second kappa shape index (κ2) is 6.23. The average molecular weight is 282 g/mol. The fourth-order valence-corrected chi connectivity index (χ4v) is 2.12. The highest BCUT2D eigenvalue weighted by molar-refractivity contribution is 7.80. The molecule has 0 aromatic carbocycles. The van der Waals surface area contributed by atoms with E-state index in [2.05, 4.69) is 33.5 Å². The molecule has 0 saturated heterocycles. The van der Waals surface area contributed by atoms with Crippen molar-refractivity contribution in [2.24, 2.45) is 7.05 Å². The molecule has 0 unspecified atom stereocenters. The second-order valence-corrected chi connectivity index (χ2v) is 4.62. The fraction of sp³-hybridized carbons (Fsp3) is 0.500. The van der Waals surface area contributed by atoms with Gasteiger partial charge in [-0.3, -0.25) is 0 Å². The minimum absolute atomic E-state index is 0.339. The summed E-state index contributed by atoms with van der Waals surface area (Å²) in [5.41, 5.74) is 1.16. The van der Waals surface area contributed by atoms with Crippen molar-refractivity contribution >= 4 is 12.6 Å². The molecule has 0 spiro atoms. The van der Waals surface area contributed by atoms with Crippen LogP contribution in [0.15, 0.2) is 23.5 Å². The van der Waals surface area contributed by atoms with Gasteiger partial charge in [0.25, 0.3) is 0 Å². The largest absolute Gasteiger partial charge is 0.354 e. The molecule has 0 amide bonds. The van der Waals surface area contributed by atoms with E-state index in [0.717, 1.165) is 11.5 Å². The maximum atomic E-state index is 5.20. The molecule has 0 aliphatic rings. The minimum Gasteiger partial charge on any atom is -0.354 e. The molecule has 104 valence electrons. The van der Waals surface area contributed by atoms with Crippen molar-refractivity contribution in [2.45, 2.75) is 24.4 Å². The standard InChI is InChI=1S/C12H18N4O2S/c1-15-6-4-5-9(15)7-10-13-14-12(19)16(10)8-11(17-2)18-3/h4-6,11H,7-8H2,1-3H3,(H,14,19). The smallest absolute Gasteiger partial charge is 0.188 e. The number of ether oxygens (including phenoxy) is 2. The van der Waals surface area contributed by atoms with Crippen LogP contribution in [-0.4, -0.2) is 39.8 Å². The van der Waals surface area contributed by atoms with Crippen LogP contribution in [0.4, 0.5) is 0 Å². The van der Waals surface area contributed by atoms with Gasteiger partial charge in [0.05, 0.1) is 6.54 Å². The van der Waals surface area contributed by atoms with Gasteiger partial charge in [-0.1, -0.05) is 0 Å². The quantitative estimate of drug-likeness (QED) is 0.637. The molecule has 0 aliphatic carbocycles. The Labute approximate surface area is 117 Å². The van der Waals surface area contributed by atoms with Gasteiger partial charge in [0.2, 0.25) is 0 Å². The Morgan fingerprint density at radius 1 is 1.32 bits per heavy atom. The third kappa shape index (κ3) is 3.17. The molecule has 0 N–H and O–H groups in total. The summed E-state index contributed by atoms with van der Waals surface area (Å²) in [4.78, 5) is 0. The molecule has 0 radical (unpaired) electrons. The van der Waals surface area contributed by atoms with Crippen molar-refractivity contribution in [2.75, 3.05) is 14.2 Å². The number of aromatic nitrogens is 4. The van der Waals surface area contributed by atoms with Crippen molar-refractivity contribution in [3.05, 3.63) is 29.8 Å². The molecule has 0 saturated carbocycles. The van der Waals surface area contributed by atoms with Crippen molar-refractivity contribution in [3.63, 3.8) is 0 Å². The molecule has 6 nitrogen and oxygen atoms in total. The summed E-state index contributed by atoms with van der Waals surface area (Å²) in [6, 6.07) is 4.06. The summed E-state index contributed by atoms with van der Waals surface area (Å²) in [6.45, 7) is 0.512. The van der Waals surface area contributed by atoms with E-state index >= 15 is 0 Å². The maximum absolute atomic E-state index is 5.20. The van der Waals surface area contributed by atoms with Gasteiger partial charge in [0.15, 0.2) is 11.4 Å². The number of hydrogen-bond donors (Lipinski definition) is 1. The highest BCUT2D eigenvalue weighted by atomic mass is 32.1. The Hall–Kier alpha value is -1.31. The minimum atomic E-state index is -0.339. The van der Waals surface area contributed by atoms with Gasteiger partial charge in [-0.05, 0) is 12.1 Å². The average Bonchev–Trinajstić information content (AvgIpc) is 2.96. The van der Waals surface area contributed by atoms with E-state index in [9.17, 15) is 0 Å². The Morgan fingerprint density at radius 2 is 2.05 bits per heavy atom. The lowest BCUT2D eigenvalue weighted by Gasteiger charge is -2.16. The van der Waals surface area contributed by atoms with Gasteiger partial charge in [0.1, 0.15) is 5.82 Å². The van der Waals surface area contributed by atoms with Crippen LogP contribution >= 0.6 is 12.6 Å². The number of aryl methyl sites for hydroxylation is 1. The van der Waals surface area contributed by atoms with Gasteiger partial charge >= 0.3 is 0 Å². The zero-order valence-corrected chi connectivity index (χ0v) is 12.2. The molecule has 19 heavy (non-hydrogen) atoms. The predicted octanol–water partition coefficient (Wildman–Crippen LogP) is 1.11. The summed E-state index contributed by atoms with van der Waals surface area (Å²) < 4.78 is 14.4. The predicted molar refractivity (Wildman–Crippen MR) is 73.3 cm³/mol. The molecule has 0 bridgehead atoms. The van der Waals surface area contributed by atoms with Gasteiger partial charge in [-0.25, -0.2) is 0 Å². The molecule has 0 atom stereocenters. The zero-order valence-electron chi connectivity index (χ0n) is 11.3. The Balaban J connectivity index is 2.20. The lowest BCUT2D eigenvalue weighted by molar-refractivity contribution is -0.112. The zero-order chi connectivity index (χ0) is 13.8. The van der Waals surface area contributed by atoms with E-state index in [1.54, 1.807) is 14.2 Å². The first-order valence-corrected chi connectivity index (χ1v) is 6.37. The lowest BCUT2D eigenvalue weighted by Crippen LogP contribution is -2.22. The first kappa shape index (κ1) is 14.1.